The molecule has 4 rings (SSSR count). The second-order valence-electron chi connectivity index (χ2n) is 12.3. The molecule has 0 saturated carbocycles. The van der Waals surface area contributed by atoms with Gasteiger partial charge in [0.2, 0.25) is 0 Å². The van der Waals surface area contributed by atoms with Crippen LogP contribution in [0.2, 0.25) is 5.02 Å². The Morgan fingerprint density at radius 2 is 1.74 bits per heavy atom. The van der Waals surface area contributed by atoms with Crippen molar-refractivity contribution in [2.75, 3.05) is 18.5 Å². The van der Waals surface area contributed by atoms with Crippen LogP contribution in [-0.2, 0) is 13.0 Å². The van der Waals surface area contributed by atoms with Gasteiger partial charge in [-0.25, -0.2) is 40.1 Å². The molecule has 4 aromatic rings. The Morgan fingerprint density at radius 3 is 2.34 bits per heavy atom. The number of aliphatic imine (C=N–C) groups is 1. The number of anilines is 1. The molecular weight excluding hydrogens is 750 g/mol. The highest BCUT2D eigenvalue weighted by Gasteiger charge is 2.29. The molecule has 1 unspecified atom stereocenters. The van der Waals surface area contributed by atoms with Crippen LogP contribution in [0.25, 0.3) is 22.0 Å². The fourth-order valence-electron chi connectivity index (χ4n) is 5.14. The molecule has 17 heteroatoms. The average molecular weight is 784 g/mol. The van der Waals surface area contributed by atoms with E-state index in [1.165, 1.54) is 17.8 Å². The van der Waals surface area contributed by atoms with Crippen LogP contribution in [0.3, 0.4) is 0 Å². The second-order valence-corrected chi connectivity index (χ2v) is 14.1. The van der Waals surface area contributed by atoms with Crippen LogP contribution in [0.1, 0.15) is 43.8 Å². The maximum atomic E-state index is 14.4. The lowest BCUT2D eigenvalue weighted by Gasteiger charge is -2.20. The topological polar surface area (TPSA) is 105 Å². The van der Waals surface area contributed by atoms with Gasteiger partial charge in [-0.05, 0) is 68.0 Å². The summed E-state index contributed by atoms with van der Waals surface area (Å²) in [6.45, 7) is 2.95. The monoisotopic (exact) mass is 783 g/mol. The number of nitrogens with zero attached hydrogens (tertiary/aromatic N) is 4. The second kappa shape index (κ2) is 17.0. The van der Waals surface area contributed by atoms with Crippen molar-refractivity contribution >= 4 is 52.0 Å². The number of thioether (sulfide) groups is 1. The first-order valence-electron chi connectivity index (χ1n) is 15.8. The van der Waals surface area contributed by atoms with Crippen LogP contribution < -0.4 is 11.1 Å². The van der Waals surface area contributed by atoms with Gasteiger partial charge in [-0.1, -0.05) is 23.6 Å². The van der Waals surface area contributed by atoms with E-state index in [0.29, 0.717) is 30.2 Å². The summed E-state index contributed by atoms with van der Waals surface area (Å²) in [5, 5.41) is 14.0. The van der Waals surface area contributed by atoms with Crippen LogP contribution in [0.5, 0.6) is 0 Å². The van der Waals surface area contributed by atoms with Gasteiger partial charge in [-0.2, -0.15) is 5.10 Å². The predicted octanol–water partition coefficient (Wildman–Crippen LogP) is 9.14. The highest BCUT2D eigenvalue weighted by molar-refractivity contribution is 8.00. The smallest absolute Gasteiger partial charge is 0.284 e. The van der Waals surface area contributed by atoms with E-state index < -0.39 is 65.7 Å². The molecule has 1 atom stereocenters. The number of aromatic nitrogens is 3. The quantitative estimate of drug-likeness (QED) is 0.0673. The zero-order valence-corrected chi connectivity index (χ0v) is 30.3. The zero-order valence-electron chi connectivity index (χ0n) is 28.7. The number of alkyl halides is 6. The summed E-state index contributed by atoms with van der Waals surface area (Å²) < 4.78 is 111. The van der Waals surface area contributed by atoms with Crippen LogP contribution in [0, 0.1) is 28.9 Å². The Balaban J connectivity index is 1.96. The van der Waals surface area contributed by atoms with Crippen LogP contribution in [-0.4, -0.2) is 63.0 Å². The van der Waals surface area contributed by atoms with Crippen molar-refractivity contribution in [1.82, 2.24) is 20.1 Å². The number of pyridine rings is 1. The Bertz CT molecular complexity index is 2080. The number of nitrogens with two attached hydrogens (primary N) is 1. The van der Waals surface area contributed by atoms with Crippen molar-refractivity contribution in [3.63, 3.8) is 0 Å². The maximum absolute atomic E-state index is 14.4. The molecule has 7 nitrogen and oxygen atoms in total. The van der Waals surface area contributed by atoms with Crippen LogP contribution >= 0.6 is 23.4 Å². The molecule has 0 radical (unpaired) electrons. The summed E-state index contributed by atoms with van der Waals surface area (Å²) in [6, 6.07) is 7.91. The SMILES string of the molecule is CSC(C)(C)C#Cc1ccc(-c2ccc(Cl)c3c(N)nn(CC(F)F)c23)c(C(Cc2cc(F)cc(F)c2)/N=C/CN/C(=C\C(=N)C(F)F)C(C)(F)F)n1. The van der Waals surface area contributed by atoms with E-state index in [9.17, 15) is 35.1 Å². The van der Waals surface area contributed by atoms with E-state index >= 15 is 0 Å². The summed E-state index contributed by atoms with van der Waals surface area (Å²) in [4.78, 5) is 9.31. The molecule has 0 fully saturated rings. The number of nitrogens with one attached hydrogen (secondary N) is 2. The Kier molecular flexibility index (Phi) is 13.2. The molecule has 0 bridgehead atoms. The summed E-state index contributed by atoms with van der Waals surface area (Å²) in [7, 11) is 0. The standard InChI is InChI=1S/C36H34ClF8N7S/c1-35(2,53-4)10-9-22-5-6-23(24-7-8-25(37)30-32(24)52(18-29(40)41)51-34(30)47)31(50-22)27(15-19-13-20(38)16-21(39)14-19)48-11-12-49-28(36(3,44)45)17-26(46)33(42)43/h5-8,11,13-14,16-17,27,29,33,46,49H,12,15,18H2,1-4H3,(H2,47,51)/b28-17-,46-26?,48-11+. The number of hydrogen-bond acceptors (Lipinski definition) is 7. The summed E-state index contributed by atoms with van der Waals surface area (Å²) in [6.07, 6.45) is -3.00. The normalized spacial score (nSPS) is 13.2. The molecule has 4 N–H and O–H groups in total. The van der Waals surface area contributed by atoms with Gasteiger partial charge in [0.1, 0.15) is 23.9 Å². The van der Waals surface area contributed by atoms with E-state index in [2.05, 4.69) is 27.2 Å². The third-order valence-corrected chi connectivity index (χ3v) is 9.18. The van der Waals surface area contributed by atoms with Crippen molar-refractivity contribution in [2.45, 2.75) is 63.3 Å². The highest BCUT2D eigenvalue weighted by Crippen LogP contribution is 2.40. The van der Waals surface area contributed by atoms with Crippen LogP contribution in [0.4, 0.5) is 40.9 Å². The van der Waals surface area contributed by atoms with Gasteiger partial charge in [0, 0.05) is 43.3 Å². The Labute approximate surface area is 309 Å². The number of benzene rings is 2. The lowest BCUT2D eigenvalue weighted by Crippen LogP contribution is -2.30. The Hall–Kier alpha value is -4.62. The molecule has 282 valence electrons. The van der Waals surface area contributed by atoms with E-state index in [-0.39, 0.29) is 45.1 Å². The first-order valence-corrected chi connectivity index (χ1v) is 17.4. The van der Waals surface area contributed by atoms with Crippen molar-refractivity contribution in [3.05, 3.63) is 87.8 Å². The molecule has 0 aliphatic heterocycles. The van der Waals surface area contributed by atoms with Crippen molar-refractivity contribution in [1.29, 1.82) is 5.41 Å². The van der Waals surface area contributed by atoms with Gasteiger partial charge in [-0.15, -0.1) is 11.8 Å². The fourth-order valence-corrected chi connectivity index (χ4v) is 5.54. The molecule has 53 heavy (non-hydrogen) atoms. The summed E-state index contributed by atoms with van der Waals surface area (Å²) in [5.74, 6) is 0.600. The predicted molar refractivity (Wildman–Crippen MR) is 195 cm³/mol. The summed E-state index contributed by atoms with van der Waals surface area (Å²) in [5.41, 5.74) is 5.07. The third kappa shape index (κ3) is 10.7. The number of hydrogen-bond donors (Lipinski definition) is 3. The van der Waals surface area contributed by atoms with Gasteiger partial charge in [0.15, 0.2) is 5.82 Å². The molecule has 2 aromatic heterocycles. The van der Waals surface area contributed by atoms with E-state index in [4.69, 9.17) is 27.7 Å². The lowest BCUT2D eigenvalue weighted by molar-refractivity contribution is 0.0565. The Morgan fingerprint density at radius 1 is 1.08 bits per heavy atom. The zero-order chi connectivity index (χ0) is 39.2. The first kappa shape index (κ1) is 41.1. The molecule has 0 saturated heterocycles. The molecule has 0 aliphatic carbocycles. The average Bonchev–Trinajstić information content (AvgIpc) is 3.39. The van der Waals surface area contributed by atoms with Gasteiger partial charge in [-0.3, -0.25) is 15.1 Å². The first-order chi connectivity index (χ1) is 24.8. The molecular formula is C36H34ClF8N7S. The lowest BCUT2D eigenvalue weighted by atomic mass is 9.94. The largest absolute Gasteiger partial charge is 0.382 e. The van der Waals surface area contributed by atoms with E-state index in [1.54, 1.807) is 18.2 Å². The van der Waals surface area contributed by atoms with Gasteiger partial charge < -0.3 is 11.1 Å². The van der Waals surface area contributed by atoms with E-state index in [0.717, 1.165) is 23.0 Å². The maximum Gasteiger partial charge on any atom is 0.284 e. The number of fused-ring (bicyclic) bond motifs is 1. The number of nitrogen functional groups attached to an aromatic ring is 1. The van der Waals surface area contributed by atoms with Crippen molar-refractivity contribution < 1.29 is 35.1 Å². The molecule has 0 aliphatic rings. The summed E-state index contributed by atoms with van der Waals surface area (Å²) >= 11 is 7.94. The molecule has 2 heterocycles. The molecule has 0 amide bonds. The molecule has 2 aromatic carbocycles. The minimum absolute atomic E-state index is 0.115. The minimum Gasteiger partial charge on any atom is -0.382 e. The third-order valence-electron chi connectivity index (χ3n) is 7.74. The highest BCUT2D eigenvalue weighted by atomic mass is 35.5. The number of allylic oxidation sites excluding steroid dienone is 2. The minimum atomic E-state index is -3.64. The van der Waals surface area contributed by atoms with Gasteiger partial charge in [0.25, 0.3) is 18.8 Å². The van der Waals surface area contributed by atoms with Gasteiger partial charge in [0.05, 0.1) is 43.8 Å². The van der Waals surface area contributed by atoms with Crippen molar-refractivity contribution in [2.24, 2.45) is 4.99 Å². The van der Waals surface area contributed by atoms with Crippen LogP contribution in [0.15, 0.2) is 59.2 Å². The van der Waals surface area contributed by atoms with Gasteiger partial charge >= 0.3 is 0 Å². The van der Waals surface area contributed by atoms with E-state index in [1.807, 2.05) is 20.1 Å². The molecule has 0 spiro atoms. The number of rotatable bonds is 14. The number of halogens is 9. The fraction of sp³-hybridized carbons (Fsp3) is 0.333. The van der Waals surface area contributed by atoms with Crippen molar-refractivity contribution in [3.8, 4) is 23.0 Å².